The first-order valence-corrected chi connectivity index (χ1v) is 9.04. The molecule has 1 aliphatic heterocycles. The molecule has 4 nitrogen and oxygen atoms in total. The summed E-state index contributed by atoms with van der Waals surface area (Å²) >= 11 is 3.38. The number of rotatable bonds is 4. The molecule has 0 bridgehead atoms. The molecule has 0 saturated carbocycles. The molecule has 20 heavy (non-hydrogen) atoms. The molecule has 6 heteroatoms. The molecule has 1 aromatic carbocycles. The zero-order valence-corrected chi connectivity index (χ0v) is 14.3. The van der Waals surface area contributed by atoms with Gasteiger partial charge in [0.2, 0.25) is 0 Å². The van der Waals surface area contributed by atoms with Gasteiger partial charge in [-0.2, -0.15) is 17.0 Å². The minimum atomic E-state index is -3.34. The Morgan fingerprint density at radius 3 is 2.35 bits per heavy atom. The Bertz CT molecular complexity index is 537. The number of halogens is 1. The second-order valence-corrected chi connectivity index (χ2v) is 8.42. The van der Waals surface area contributed by atoms with Crippen molar-refractivity contribution in [1.82, 2.24) is 8.61 Å². The summed E-state index contributed by atoms with van der Waals surface area (Å²) < 4.78 is 29.0. The summed E-state index contributed by atoms with van der Waals surface area (Å²) in [6.45, 7) is 3.85. The van der Waals surface area contributed by atoms with E-state index in [9.17, 15) is 8.42 Å². The predicted molar refractivity (Wildman–Crippen MR) is 84.5 cm³/mol. The fourth-order valence-corrected chi connectivity index (χ4v) is 3.98. The first-order chi connectivity index (χ1) is 9.39. The van der Waals surface area contributed by atoms with Gasteiger partial charge in [-0.1, -0.05) is 35.0 Å². The lowest BCUT2D eigenvalue weighted by Gasteiger charge is -2.32. The van der Waals surface area contributed by atoms with Gasteiger partial charge in [0.25, 0.3) is 10.2 Å². The minimum Gasteiger partial charge on any atom is -0.195 e. The van der Waals surface area contributed by atoms with E-state index in [1.54, 1.807) is 11.4 Å². The zero-order chi connectivity index (χ0) is 14.8. The maximum absolute atomic E-state index is 12.5. The van der Waals surface area contributed by atoms with Crippen LogP contribution >= 0.6 is 15.9 Å². The van der Waals surface area contributed by atoms with Gasteiger partial charge in [-0.05, 0) is 36.5 Å². The van der Waals surface area contributed by atoms with Crippen LogP contribution in [-0.4, -0.2) is 37.2 Å². The highest BCUT2D eigenvalue weighted by molar-refractivity contribution is 9.10. The number of hydrogen-bond acceptors (Lipinski definition) is 2. The SMILES string of the molecule is CC1CCN(S(=O)(=O)N(C)Cc2ccc(Br)cc2)CC1. The standard InChI is InChI=1S/C14H21BrN2O2S/c1-12-7-9-17(10-8-12)20(18,19)16(2)11-13-3-5-14(15)6-4-13/h3-6,12H,7-11H2,1-2H3. The van der Waals surface area contributed by atoms with Gasteiger partial charge in [0, 0.05) is 31.2 Å². The maximum Gasteiger partial charge on any atom is 0.282 e. The lowest BCUT2D eigenvalue weighted by atomic mass is 10.0. The van der Waals surface area contributed by atoms with Crippen molar-refractivity contribution in [3.63, 3.8) is 0 Å². The topological polar surface area (TPSA) is 40.6 Å². The number of nitrogens with zero attached hydrogens (tertiary/aromatic N) is 2. The molecule has 1 aliphatic rings. The Morgan fingerprint density at radius 2 is 1.80 bits per heavy atom. The van der Waals surface area contributed by atoms with Gasteiger partial charge < -0.3 is 0 Å². The number of benzene rings is 1. The van der Waals surface area contributed by atoms with Gasteiger partial charge in [0.15, 0.2) is 0 Å². The quantitative estimate of drug-likeness (QED) is 0.828. The molecule has 0 spiro atoms. The van der Waals surface area contributed by atoms with Crippen LogP contribution in [0, 0.1) is 5.92 Å². The van der Waals surface area contributed by atoms with Crippen molar-refractivity contribution in [1.29, 1.82) is 0 Å². The second-order valence-electron chi connectivity index (χ2n) is 5.47. The molecular weight excluding hydrogens is 340 g/mol. The number of hydrogen-bond donors (Lipinski definition) is 0. The Balaban J connectivity index is 2.03. The molecule has 1 fully saturated rings. The third kappa shape index (κ3) is 3.81. The van der Waals surface area contributed by atoms with Gasteiger partial charge in [-0.15, -0.1) is 0 Å². The van der Waals surface area contributed by atoms with E-state index < -0.39 is 10.2 Å². The first-order valence-electron chi connectivity index (χ1n) is 6.85. The summed E-state index contributed by atoms with van der Waals surface area (Å²) in [6, 6.07) is 7.74. The monoisotopic (exact) mass is 360 g/mol. The van der Waals surface area contributed by atoms with Crippen molar-refractivity contribution in [2.24, 2.45) is 5.92 Å². The Morgan fingerprint density at radius 1 is 1.25 bits per heavy atom. The molecular formula is C14H21BrN2O2S. The summed E-state index contributed by atoms with van der Waals surface area (Å²) in [4.78, 5) is 0. The Hall–Kier alpha value is -0.430. The Labute approximate surface area is 130 Å². The van der Waals surface area contributed by atoms with Crippen molar-refractivity contribution in [3.8, 4) is 0 Å². The van der Waals surface area contributed by atoms with Crippen LogP contribution in [0.3, 0.4) is 0 Å². The lowest BCUT2D eigenvalue weighted by Crippen LogP contribution is -2.45. The van der Waals surface area contributed by atoms with Crippen molar-refractivity contribution >= 4 is 26.1 Å². The second kappa shape index (κ2) is 6.56. The van der Waals surface area contributed by atoms with Gasteiger partial charge in [0.1, 0.15) is 0 Å². The third-order valence-corrected chi connectivity index (χ3v) is 6.24. The highest BCUT2D eigenvalue weighted by Crippen LogP contribution is 2.21. The van der Waals surface area contributed by atoms with E-state index in [1.807, 2.05) is 24.3 Å². The molecule has 1 heterocycles. The van der Waals surface area contributed by atoms with Crippen LogP contribution in [0.4, 0.5) is 0 Å². The predicted octanol–water partition coefficient (Wildman–Crippen LogP) is 2.86. The van der Waals surface area contributed by atoms with Crippen LogP contribution < -0.4 is 0 Å². The van der Waals surface area contributed by atoms with E-state index >= 15 is 0 Å². The summed E-state index contributed by atoms with van der Waals surface area (Å²) in [6.07, 6.45) is 1.90. The minimum absolute atomic E-state index is 0.404. The van der Waals surface area contributed by atoms with Crippen molar-refractivity contribution in [3.05, 3.63) is 34.3 Å². The van der Waals surface area contributed by atoms with Crippen LogP contribution in [0.5, 0.6) is 0 Å². The zero-order valence-electron chi connectivity index (χ0n) is 11.9. The molecule has 0 atom stereocenters. The summed E-state index contributed by atoms with van der Waals surface area (Å²) in [5, 5.41) is 0. The third-order valence-electron chi connectivity index (χ3n) is 3.78. The van der Waals surface area contributed by atoms with Gasteiger partial charge in [-0.25, -0.2) is 0 Å². The van der Waals surface area contributed by atoms with Crippen molar-refractivity contribution < 1.29 is 8.42 Å². The molecule has 112 valence electrons. The van der Waals surface area contributed by atoms with Crippen LogP contribution in [0.1, 0.15) is 25.3 Å². The lowest BCUT2D eigenvalue weighted by molar-refractivity contribution is 0.269. The highest BCUT2D eigenvalue weighted by atomic mass is 79.9. The molecule has 0 N–H and O–H groups in total. The fraction of sp³-hybridized carbons (Fsp3) is 0.571. The molecule has 0 aliphatic carbocycles. The molecule has 0 unspecified atom stereocenters. The van der Waals surface area contributed by atoms with Crippen LogP contribution in [0.15, 0.2) is 28.7 Å². The summed E-state index contributed by atoms with van der Waals surface area (Å²) in [5.74, 6) is 0.623. The van der Waals surface area contributed by atoms with E-state index in [1.165, 1.54) is 4.31 Å². The highest BCUT2D eigenvalue weighted by Gasteiger charge is 2.29. The van der Waals surface area contributed by atoms with E-state index in [0.717, 1.165) is 22.9 Å². The van der Waals surface area contributed by atoms with Crippen LogP contribution in [0.2, 0.25) is 0 Å². The maximum atomic E-state index is 12.5. The van der Waals surface area contributed by atoms with Crippen molar-refractivity contribution in [2.75, 3.05) is 20.1 Å². The van der Waals surface area contributed by atoms with E-state index in [0.29, 0.717) is 25.6 Å². The number of piperidine rings is 1. The molecule has 0 amide bonds. The smallest absolute Gasteiger partial charge is 0.195 e. The largest absolute Gasteiger partial charge is 0.282 e. The van der Waals surface area contributed by atoms with Gasteiger partial charge in [0.05, 0.1) is 0 Å². The van der Waals surface area contributed by atoms with Crippen LogP contribution in [-0.2, 0) is 16.8 Å². The van der Waals surface area contributed by atoms with Gasteiger partial charge in [-0.3, -0.25) is 0 Å². The Kier molecular flexibility index (Phi) is 5.23. The molecule has 0 aromatic heterocycles. The van der Waals surface area contributed by atoms with Crippen molar-refractivity contribution in [2.45, 2.75) is 26.3 Å². The molecule has 1 aromatic rings. The van der Waals surface area contributed by atoms with E-state index in [4.69, 9.17) is 0 Å². The van der Waals surface area contributed by atoms with Crippen LogP contribution in [0.25, 0.3) is 0 Å². The summed E-state index contributed by atoms with van der Waals surface area (Å²) in [5.41, 5.74) is 0.990. The van der Waals surface area contributed by atoms with E-state index in [-0.39, 0.29) is 0 Å². The average Bonchev–Trinajstić information content (AvgIpc) is 2.42. The molecule has 2 rings (SSSR count). The normalized spacial score (nSPS) is 18.6. The first kappa shape index (κ1) is 15.9. The summed E-state index contributed by atoms with van der Waals surface area (Å²) in [7, 11) is -1.69. The van der Waals surface area contributed by atoms with Gasteiger partial charge >= 0.3 is 0 Å². The molecule has 1 saturated heterocycles. The van der Waals surface area contributed by atoms with E-state index in [2.05, 4.69) is 22.9 Å². The average molecular weight is 361 g/mol. The fourth-order valence-electron chi connectivity index (χ4n) is 2.34. The molecule has 0 radical (unpaired) electrons.